The fourth-order valence-corrected chi connectivity index (χ4v) is 1.73. The van der Waals surface area contributed by atoms with Crippen LogP contribution in [0.5, 0.6) is 0 Å². The van der Waals surface area contributed by atoms with Crippen molar-refractivity contribution >= 4 is 18.0 Å². The summed E-state index contributed by atoms with van der Waals surface area (Å²) >= 11 is 0. The molecule has 0 saturated carbocycles. The average Bonchev–Trinajstić information content (AvgIpc) is 2.61. The first-order chi connectivity index (χ1) is 8.92. The third-order valence-electron chi connectivity index (χ3n) is 2.63. The summed E-state index contributed by atoms with van der Waals surface area (Å²) in [6.07, 6.45) is 1.33. The minimum atomic E-state index is -0.813. The molecule has 0 radical (unpaired) electrons. The number of carbonyl (C=O) groups excluding carboxylic acids is 2. The fraction of sp³-hybridized carbons (Fsp3) is 0.308. The van der Waals surface area contributed by atoms with Crippen molar-refractivity contribution in [1.82, 2.24) is 4.98 Å². The minimum absolute atomic E-state index is 0.181. The van der Waals surface area contributed by atoms with Crippen LogP contribution in [0, 0.1) is 25.2 Å². The molecule has 100 valence electrons. The van der Waals surface area contributed by atoms with Crippen molar-refractivity contribution in [2.24, 2.45) is 5.73 Å². The quantitative estimate of drug-likeness (QED) is 0.482. The van der Waals surface area contributed by atoms with Crippen LogP contribution in [0.3, 0.4) is 0 Å². The fourth-order valence-electron chi connectivity index (χ4n) is 1.73. The predicted molar refractivity (Wildman–Crippen MR) is 69.0 cm³/mol. The molecule has 0 aliphatic carbocycles. The maximum Gasteiger partial charge on any atom is 0.340 e. The Hall–Kier alpha value is -2.55. The van der Waals surface area contributed by atoms with Crippen molar-refractivity contribution < 1.29 is 14.3 Å². The van der Waals surface area contributed by atoms with E-state index in [4.69, 9.17) is 15.7 Å². The second-order valence-corrected chi connectivity index (χ2v) is 3.92. The molecule has 6 heteroatoms. The Bertz CT molecular complexity index is 591. The van der Waals surface area contributed by atoms with Crippen molar-refractivity contribution in [1.29, 1.82) is 5.26 Å². The van der Waals surface area contributed by atoms with Gasteiger partial charge < -0.3 is 15.5 Å². The summed E-state index contributed by atoms with van der Waals surface area (Å²) < 4.78 is 4.95. The highest BCUT2D eigenvalue weighted by molar-refractivity contribution is 6.01. The number of esters is 1. The summed E-state index contributed by atoms with van der Waals surface area (Å²) in [7, 11) is 0. The molecule has 0 unspecified atom stereocenters. The highest BCUT2D eigenvalue weighted by atomic mass is 16.5. The van der Waals surface area contributed by atoms with Crippen molar-refractivity contribution in [2.45, 2.75) is 20.8 Å². The van der Waals surface area contributed by atoms with Crippen LogP contribution in [-0.4, -0.2) is 23.5 Å². The third kappa shape index (κ3) is 3.01. The first kappa shape index (κ1) is 14.5. The van der Waals surface area contributed by atoms with E-state index in [0.717, 1.165) is 0 Å². The van der Waals surface area contributed by atoms with Gasteiger partial charge >= 0.3 is 5.97 Å². The van der Waals surface area contributed by atoms with Gasteiger partial charge in [-0.1, -0.05) is 0 Å². The van der Waals surface area contributed by atoms with E-state index >= 15 is 0 Å². The molecule has 0 aromatic carbocycles. The van der Waals surface area contributed by atoms with Crippen LogP contribution >= 0.6 is 0 Å². The number of H-pyrrole nitrogens is 1. The Balaban J connectivity index is 3.28. The minimum Gasteiger partial charge on any atom is -0.462 e. The van der Waals surface area contributed by atoms with E-state index in [9.17, 15) is 9.59 Å². The van der Waals surface area contributed by atoms with Crippen LogP contribution in [-0.2, 0) is 9.53 Å². The Kier molecular flexibility index (Phi) is 4.48. The van der Waals surface area contributed by atoms with E-state index in [1.807, 2.05) is 0 Å². The molecule has 0 aliphatic rings. The molecule has 6 nitrogen and oxygen atoms in total. The van der Waals surface area contributed by atoms with E-state index in [1.165, 1.54) is 6.08 Å². The second kappa shape index (κ2) is 5.87. The van der Waals surface area contributed by atoms with Gasteiger partial charge in [-0.05, 0) is 32.4 Å². The van der Waals surface area contributed by atoms with Crippen LogP contribution in [0.25, 0.3) is 6.08 Å². The number of amides is 1. The van der Waals surface area contributed by atoms with Gasteiger partial charge in [0.15, 0.2) is 0 Å². The Morgan fingerprint density at radius 1 is 1.47 bits per heavy atom. The molecule has 1 aromatic heterocycles. The van der Waals surface area contributed by atoms with Crippen LogP contribution in [0.2, 0.25) is 0 Å². The number of nitriles is 1. The van der Waals surface area contributed by atoms with Gasteiger partial charge in [0, 0.05) is 11.4 Å². The number of primary amides is 1. The zero-order chi connectivity index (χ0) is 14.6. The molecule has 1 amide bonds. The highest BCUT2D eigenvalue weighted by Crippen LogP contribution is 2.21. The smallest absolute Gasteiger partial charge is 0.340 e. The van der Waals surface area contributed by atoms with E-state index in [0.29, 0.717) is 22.5 Å². The number of nitrogens with zero attached hydrogens (tertiary/aromatic N) is 1. The summed E-state index contributed by atoms with van der Waals surface area (Å²) in [5.41, 5.74) is 7.02. The van der Waals surface area contributed by atoms with Crippen molar-refractivity contribution in [3.8, 4) is 6.07 Å². The topological polar surface area (TPSA) is 109 Å². The summed E-state index contributed by atoms with van der Waals surface area (Å²) in [5.74, 6) is -1.25. The van der Waals surface area contributed by atoms with Crippen LogP contribution in [0.4, 0.5) is 0 Å². The van der Waals surface area contributed by atoms with Crippen LogP contribution < -0.4 is 5.73 Å². The maximum atomic E-state index is 11.8. The molecule has 0 spiro atoms. The van der Waals surface area contributed by atoms with E-state index in [2.05, 4.69) is 4.98 Å². The second-order valence-electron chi connectivity index (χ2n) is 3.92. The average molecular weight is 261 g/mol. The first-order valence-electron chi connectivity index (χ1n) is 5.70. The Labute approximate surface area is 110 Å². The van der Waals surface area contributed by atoms with Gasteiger partial charge in [-0.25, -0.2) is 4.79 Å². The van der Waals surface area contributed by atoms with E-state index < -0.39 is 11.9 Å². The lowest BCUT2D eigenvalue weighted by Crippen LogP contribution is -2.12. The zero-order valence-electron chi connectivity index (χ0n) is 11.0. The first-order valence-corrected chi connectivity index (χ1v) is 5.70. The highest BCUT2D eigenvalue weighted by Gasteiger charge is 2.19. The summed E-state index contributed by atoms with van der Waals surface area (Å²) in [6, 6.07) is 1.71. The maximum absolute atomic E-state index is 11.8. The van der Waals surface area contributed by atoms with Gasteiger partial charge in [-0.15, -0.1) is 0 Å². The molecular formula is C13H15N3O3. The number of nitrogens with two attached hydrogens (primary N) is 1. The number of carbonyl (C=O) groups is 2. The van der Waals surface area contributed by atoms with Crippen LogP contribution in [0.15, 0.2) is 5.57 Å². The van der Waals surface area contributed by atoms with Crippen molar-refractivity contribution in [2.75, 3.05) is 6.61 Å². The van der Waals surface area contributed by atoms with Gasteiger partial charge in [0.1, 0.15) is 11.6 Å². The number of hydrogen-bond acceptors (Lipinski definition) is 4. The number of aryl methyl sites for hydroxylation is 1. The molecule has 0 atom stereocenters. The molecule has 1 aromatic rings. The van der Waals surface area contributed by atoms with Crippen molar-refractivity contribution in [3.05, 3.63) is 28.1 Å². The number of ether oxygens (including phenoxy) is 1. The van der Waals surface area contributed by atoms with Gasteiger partial charge in [0.05, 0.1) is 12.2 Å². The summed E-state index contributed by atoms with van der Waals surface area (Å²) in [5, 5.41) is 8.79. The lowest BCUT2D eigenvalue weighted by atomic mass is 10.1. The standard InChI is InChI=1S/C13H15N3O3/c1-4-19-13(18)11-7(2)10(16-8(11)3)5-9(6-14)12(15)17/h5,16H,4H2,1-3H3,(H2,15,17)/b9-5+. The molecule has 19 heavy (non-hydrogen) atoms. The van der Waals surface area contributed by atoms with Gasteiger partial charge in [-0.2, -0.15) is 5.26 Å². The van der Waals surface area contributed by atoms with Gasteiger partial charge in [-0.3, -0.25) is 4.79 Å². The Morgan fingerprint density at radius 3 is 2.58 bits per heavy atom. The number of aromatic amines is 1. The normalized spacial score (nSPS) is 10.9. The largest absolute Gasteiger partial charge is 0.462 e. The van der Waals surface area contributed by atoms with E-state index in [-0.39, 0.29) is 12.2 Å². The third-order valence-corrected chi connectivity index (χ3v) is 2.63. The number of rotatable bonds is 4. The Morgan fingerprint density at radius 2 is 2.11 bits per heavy atom. The summed E-state index contributed by atoms with van der Waals surface area (Å²) in [6.45, 7) is 5.42. The SMILES string of the molecule is CCOC(=O)c1c(C)[nH]c(/C=C(\C#N)C(N)=O)c1C. The molecule has 1 rings (SSSR count). The monoisotopic (exact) mass is 261 g/mol. The zero-order valence-corrected chi connectivity index (χ0v) is 11.0. The van der Waals surface area contributed by atoms with Gasteiger partial charge in [0.25, 0.3) is 5.91 Å². The predicted octanol–water partition coefficient (Wildman–Crippen LogP) is 1.20. The molecule has 0 bridgehead atoms. The van der Waals surface area contributed by atoms with Crippen molar-refractivity contribution in [3.63, 3.8) is 0 Å². The molecule has 1 heterocycles. The molecule has 0 fully saturated rings. The van der Waals surface area contributed by atoms with Gasteiger partial charge in [0.2, 0.25) is 0 Å². The number of hydrogen-bond donors (Lipinski definition) is 2. The lowest BCUT2D eigenvalue weighted by Gasteiger charge is -2.01. The number of nitrogens with one attached hydrogen (secondary N) is 1. The molecular weight excluding hydrogens is 246 g/mol. The molecule has 0 aliphatic heterocycles. The summed E-state index contributed by atoms with van der Waals surface area (Å²) in [4.78, 5) is 25.7. The van der Waals surface area contributed by atoms with Crippen LogP contribution in [0.1, 0.15) is 34.2 Å². The molecule has 0 saturated heterocycles. The van der Waals surface area contributed by atoms with E-state index in [1.54, 1.807) is 26.8 Å². The lowest BCUT2D eigenvalue weighted by molar-refractivity contribution is -0.114. The molecule has 3 N–H and O–H groups in total. The number of aromatic nitrogens is 1.